The Labute approximate surface area is 145 Å². The van der Waals surface area contributed by atoms with Crippen LogP contribution in [0.1, 0.15) is 68.8 Å². The molecule has 128 valence electrons. The Bertz CT molecular complexity index is 683. The minimum absolute atomic E-state index is 0.206. The predicted octanol–water partition coefficient (Wildman–Crippen LogP) is 5.66. The highest BCUT2D eigenvalue weighted by atomic mass is 16.6. The fourth-order valence-corrected chi connectivity index (χ4v) is 3.95. The van der Waals surface area contributed by atoms with E-state index in [2.05, 4.69) is 39.0 Å². The number of hydrogen-bond acceptors (Lipinski definition) is 2. The third kappa shape index (κ3) is 3.48. The molecule has 0 radical (unpaired) electrons. The Morgan fingerprint density at radius 2 is 2.00 bits per heavy atom. The van der Waals surface area contributed by atoms with E-state index in [9.17, 15) is 4.79 Å². The lowest BCUT2D eigenvalue weighted by Crippen LogP contribution is -2.36. The van der Waals surface area contributed by atoms with Gasteiger partial charge in [-0.15, -0.1) is 0 Å². The lowest BCUT2D eigenvalue weighted by Gasteiger charge is -2.37. The van der Waals surface area contributed by atoms with Crippen molar-refractivity contribution in [2.75, 3.05) is 0 Å². The summed E-state index contributed by atoms with van der Waals surface area (Å²) in [5, 5.41) is 0. The lowest BCUT2D eigenvalue weighted by atomic mass is 9.73. The lowest BCUT2D eigenvalue weighted by molar-refractivity contribution is 0.00101. The van der Waals surface area contributed by atoms with Gasteiger partial charge in [0, 0.05) is 0 Å². The van der Waals surface area contributed by atoms with Crippen molar-refractivity contribution >= 4 is 5.97 Å². The molecule has 0 aliphatic heterocycles. The zero-order valence-electron chi connectivity index (χ0n) is 15.2. The Morgan fingerprint density at radius 3 is 2.75 bits per heavy atom. The van der Waals surface area contributed by atoms with Crippen molar-refractivity contribution in [3.8, 4) is 0 Å². The highest BCUT2D eigenvalue weighted by Gasteiger charge is 2.36. The fraction of sp³-hybridized carbons (Fsp3) is 0.500. The van der Waals surface area contributed by atoms with E-state index in [1.54, 1.807) is 0 Å². The predicted molar refractivity (Wildman–Crippen MR) is 98.1 cm³/mol. The molecule has 2 aliphatic rings. The topological polar surface area (TPSA) is 26.3 Å². The largest absolute Gasteiger partial charge is 0.451 e. The molecule has 1 aromatic rings. The van der Waals surface area contributed by atoms with E-state index >= 15 is 0 Å². The Balaban J connectivity index is 1.80. The third-order valence-electron chi connectivity index (χ3n) is 5.33. The van der Waals surface area contributed by atoms with Gasteiger partial charge in [0.2, 0.25) is 0 Å². The summed E-state index contributed by atoms with van der Waals surface area (Å²) < 4.78 is 5.98. The molecular weight excluding hydrogens is 296 g/mol. The van der Waals surface area contributed by atoms with Crippen LogP contribution in [0.25, 0.3) is 0 Å². The molecular formula is C22H28O2. The second kappa shape index (κ2) is 6.58. The van der Waals surface area contributed by atoms with Crippen LogP contribution in [0.5, 0.6) is 0 Å². The van der Waals surface area contributed by atoms with Crippen LogP contribution in [0, 0.1) is 11.8 Å². The smallest absolute Gasteiger partial charge is 0.339 e. The second-order valence-corrected chi connectivity index (χ2v) is 7.90. The van der Waals surface area contributed by atoms with Gasteiger partial charge in [-0.05, 0) is 67.2 Å². The van der Waals surface area contributed by atoms with Crippen LogP contribution in [0.3, 0.4) is 0 Å². The highest BCUT2D eigenvalue weighted by Crippen LogP contribution is 2.40. The Hall–Kier alpha value is -1.83. The highest BCUT2D eigenvalue weighted by molar-refractivity contribution is 5.91. The first kappa shape index (κ1) is 17.0. The Morgan fingerprint density at radius 1 is 1.25 bits per heavy atom. The molecule has 0 unspecified atom stereocenters. The van der Waals surface area contributed by atoms with Gasteiger partial charge in [0.25, 0.3) is 0 Å². The van der Waals surface area contributed by atoms with Crippen LogP contribution in [0.4, 0.5) is 0 Å². The summed E-state index contributed by atoms with van der Waals surface area (Å²) in [5.41, 5.74) is 2.66. The van der Waals surface area contributed by atoms with Crippen molar-refractivity contribution in [2.45, 2.75) is 58.5 Å². The van der Waals surface area contributed by atoms with Crippen molar-refractivity contribution in [3.63, 3.8) is 0 Å². The van der Waals surface area contributed by atoms with Gasteiger partial charge in [0.05, 0.1) is 5.56 Å². The van der Waals surface area contributed by atoms with E-state index in [-0.39, 0.29) is 5.97 Å². The summed E-state index contributed by atoms with van der Waals surface area (Å²) in [4.78, 5) is 12.8. The van der Waals surface area contributed by atoms with Gasteiger partial charge in [-0.25, -0.2) is 4.79 Å². The molecule has 0 saturated heterocycles. The van der Waals surface area contributed by atoms with Crippen molar-refractivity contribution in [3.05, 3.63) is 59.2 Å². The number of fused-ring (bicyclic) bond motifs is 1. The van der Waals surface area contributed by atoms with Crippen LogP contribution >= 0.6 is 0 Å². The molecule has 24 heavy (non-hydrogen) atoms. The number of allylic oxidation sites excluding steroid dienone is 3. The molecule has 0 fully saturated rings. The van der Waals surface area contributed by atoms with Gasteiger partial charge in [0.1, 0.15) is 5.60 Å². The molecule has 0 spiro atoms. The van der Waals surface area contributed by atoms with Crippen LogP contribution in [0.15, 0.2) is 48.1 Å². The molecule has 2 heteroatoms. The van der Waals surface area contributed by atoms with Crippen LogP contribution in [-0.2, 0) is 4.74 Å². The standard InChI is InChI=1S/C22H28O2/c1-15(2)19-7-5-6-8-20(19)21(23)24-22(4)12-11-17-13-16(3)9-10-18(17)14-22/h5-8,11-13,15-16,18H,9-10,14H2,1-4H3/t16-,18+,22-/m1/s1. The second-order valence-electron chi connectivity index (χ2n) is 7.90. The summed E-state index contributed by atoms with van der Waals surface area (Å²) in [5.74, 6) is 1.27. The summed E-state index contributed by atoms with van der Waals surface area (Å²) in [6.07, 6.45) is 9.92. The first-order valence-electron chi connectivity index (χ1n) is 9.11. The molecule has 2 nitrogen and oxygen atoms in total. The Kier molecular flexibility index (Phi) is 4.67. The number of esters is 1. The molecule has 0 heterocycles. The molecule has 2 aliphatic carbocycles. The molecule has 0 aromatic heterocycles. The molecule has 0 saturated carbocycles. The number of rotatable bonds is 3. The van der Waals surface area contributed by atoms with Crippen LogP contribution < -0.4 is 0 Å². The zero-order valence-corrected chi connectivity index (χ0v) is 15.2. The molecule has 0 amide bonds. The molecule has 3 atom stereocenters. The van der Waals surface area contributed by atoms with Crippen LogP contribution in [-0.4, -0.2) is 11.6 Å². The maximum atomic E-state index is 12.8. The van der Waals surface area contributed by atoms with E-state index in [1.807, 2.05) is 31.2 Å². The zero-order chi connectivity index (χ0) is 17.3. The minimum atomic E-state index is -0.510. The molecule has 3 rings (SSSR count). The van der Waals surface area contributed by atoms with E-state index in [4.69, 9.17) is 4.74 Å². The summed E-state index contributed by atoms with van der Waals surface area (Å²) in [6.45, 7) is 8.52. The van der Waals surface area contributed by atoms with Gasteiger partial charge < -0.3 is 4.74 Å². The van der Waals surface area contributed by atoms with Crippen molar-refractivity contribution in [1.82, 2.24) is 0 Å². The van der Waals surface area contributed by atoms with Gasteiger partial charge in [-0.1, -0.05) is 51.1 Å². The van der Waals surface area contributed by atoms with Crippen LogP contribution in [0.2, 0.25) is 0 Å². The minimum Gasteiger partial charge on any atom is -0.451 e. The SMILES string of the molecule is CC(C)c1ccccc1C(=O)O[C@]1(C)C=CC2=C[C@H](C)CC[C@H]2C1. The average Bonchev–Trinajstić information content (AvgIpc) is 2.55. The first-order chi connectivity index (χ1) is 11.4. The number of carbonyl (C=O) groups excluding carboxylic acids is 1. The first-order valence-corrected chi connectivity index (χ1v) is 9.11. The van der Waals surface area contributed by atoms with E-state index in [0.717, 1.165) is 12.0 Å². The number of hydrogen-bond donors (Lipinski definition) is 0. The average molecular weight is 324 g/mol. The van der Waals surface area contributed by atoms with Gasteiger partial charge >= 0.3 is 5.97 Å². The molecule has 1 aromatic carbocycles. The van der Waals surface area contributed by atoms with Gasteiger partial charge in [0.15, 0.2) is 0 Å². The summed E-state index contributed by atoms with van der Waals surface area (Å²) >= 11 is 0. The number of ether oxygens (including phenoxy) is 1. The summed E-state index contributed by atoms with van der Waals surface area (Å²) in [7, 11) is 0. The molecule has 0 N–H and O–H groups in total. The number of carbonyl (C=O) groups is 1. The van der Waals surface area contributed by atoms with E-state index in [1.165, 1.54) is 18.4 Å². The third-order valence-corrected chi connectivity index (χ3v) is 5.33. The van der Waals surface area contributed by atoms with E-state index in [0.29, 0.717) is 23.3 Å². The maximum Gasteiger partial charge on any atom is 0.339 e. The fourth-order valence-electron chi connectivity index (χ4n) is 3.95. The maximum absolute atomic E-state index is 12.8. The molecule has 0 bridgehead atoms. The van der Waals surface area contributed by atoms with E-state index < -0.39 is 5.60 Å². The van der Waals surface area contributed by atoms with Crippen molar-refractivity contribution in [1.29, 1.82) is 0 Å². The van der Waals surface area contributed by atoms with Gasteiger partial charge in [-0.2, -0.15) is 0 Å². The van der Waals surface area contributed by atoms with Gasteiger partial charge in [-0.3, -0.25) is 0 Å². The monoisotopic (exact) mass is 324 g/mol. The normalized spacial score (nSPS) is 29.1. The van der Waals surface area contributed by atoms with Crippen molar-refractivity contribution in [2.24, 2.45) is 11.8 Å². The number of benzene rings is 1. The quantitative estimate of drug-likeness (QED) is 0.671. The summed E-state index contributed by atoms with van der Waals surface area (Å²) in [6, 6.07) is 7.78. The van der Waals surface area contributed by atoms with Crippen molar-refractivity contribution < 1.29 is 9.53 Å².